The average Bonchev–Trinajstić information content (AvgIpc) is 2.67. The van der Waals surface area contributed by atoms with Gasteiger partial charge in [-0.3, -0.25) is 4.79 Å². The van der Waals surface area contributed by atoms with Gasteiger partial charge in [0, 0.05) is 5.39 Å². The molecule has 0 aliphatic carbocycles. The van der Waals surface area contributed by atoms with Gasteiger partial charge in [-0.15, -0.1) is 0 Å². The molecule has 1 amide bonds. The average molecular weight is 407 g/mol. The molecule has 3 rings (SSSR count). The Hall–Kier alpha value is -2.33. The molecule has 0 unspecified atom stereocenters. The molecule has 0 saturated carbocycles. The highest BCUT2D eigenvalue weighted by atomic mass is 32.2. The summed E-state index contributed by atoms with van der Waals surface area (Å²) in [6, 6.07) is 16.8. The van der Waals surface area contributed by atoms with E-state index in [1.54, 1.807) is 0 Å². The number of fused-ring (bicyclic) bond motifs is 1. The van der Waals surface area contributed by atoms with Crippen molar-refractivity contribution in [3.05, 3.63) is 70.8 Å². The lowest BCUT2D eigenvalue weighted by atomic mass is 10.00. The van der Waals surface area contributed by atoms with Crippen molar-refractivity contribution in [2.45, 2.75) is 52.1 Å². The van der Waals surface area contributed by atoms with Gasteiger partial charge in [0.2, 0.25) is 5.91 Å². The second-order valence-corrected chi connectivity index (χ2v) is 9.16. The first-order valence-electron chi connectivity index (χ1n) is 10.2. The number of hydrogen-bond donors (Lipinski definition) is 1. The Morgan fingerprint density at radius 3 is 2.45 bits per heavy atom. The molecule has 0 aliphatic heterocycles. The van der Waals surface area contributed by atoms with Crippen molar-refractivity contribution in [1.82, 2.24) is 10.3 Å². The molecule has 0 bridgehead atoms. The van der Waals surface area contributed by atoms with E-state index in [9.17, 15) is 4.79 Å². The number of para-hydroxylation sites is 1. The van der Waals surface area contributed by atoms with Crippen molar-refractivity contribution >= 4 is 28.6 Å². The Balaban J connectivity index is 1.59. The van der Waals surface area contributed by atoms with Gasteiger partial charge in [-0.05, 0) is 61.4 Å². The van der Waals surface area contributed by atoms with Crippen molar-refractivity contribution in [3.8, 4) is 0 Å². The Morgan fingerprint density at radius 1 is 1.03 bits per heavy atom. The number of thioether (sulfide) groups is 1. The maximum absolute atomic E-state index is 12.5. The fourth-order valence-corrected chi connectivity index (χ4v) is 4.30. The topological polar surface area (TPSA) is 42.0 Å². The van der Waals surface area contributed by atoms with Gasteiger partial charge < -0.3 is 5.32 Å². The smallest absolute Gasteiger partial charge is 0.230 e. The van der Waals surface area contributed by atoms with Crippen LogP contribution in [0.2, 0.25) is 0 Å². The van der Waals surface area contributed by atoms with E-state index in [1.807, 2.05) is 6.92 Å². The van der Waals surface area contributed by atoms with Crippen LogP contribution in [0.1, 0.15) is 49.1 Å². The number of carbonyl (C=O) groups is 1. The number of rotatable bonds is 7. The fraction of sp³-hybridized carbons (Fsp3) is 0.360. The van der Waals surface area contributed by atoms with E-state index in [1.165, 1.54) is 28.3 Å². The van der Waals surface area contributed by atoms with E-state index in [2.05, 4.69) is 81.5 Å². The molecule has 0 spiro atoms. The third-order valence-electron chi connectivity index (χ3n) is 5.08. The molecule has 1 N–H and O–H groups in total. The number of amides is 1. The predicted octanol–water partition coefficient (Wildman–Crippen LogP) is 6.02. The summed E-state index contributed by atoms with van der Waals surface area (Å²) in [5.74, 6) is 1.03. The van der Waals surface area contributed by atoms with Gasteiger partial charge in [-0.25, -0.2) is 4.98 Å². The minimum atomic E-state index is -0.00950. The van der Waals surface area contributed by atoms with E-state index in [4.69, 9.17) is 4.98 Å². The first-order chi connectivity index (χ1) is 13.8. The van der Waals surface area contributed by atoms with Crippen molar-refractivity contribution in [2.24, 2.45) is 5.92 Å². The summed E-state index contributed by atoms with van der Waals surface area (Å²) < 4.78 is 0. The first kappa shape index (κ1) is 21.4. The van der Waals surface area contributed by atoms with Crippen LogP contribution < -0.4 is 5.32 Å². The van der Waals surface area contributed by atoms with Gasteiger partial charge in [0.25, 0.3) is 0 Å². The van der Waals surface area contributed by atoms with E-state index in [0.717, 1.165) is 28.1 Å². The number of pyridine rings is 1. The zero-order valence-electron chi connectivity index (χ0n) is 18.0. The molecule has 1 aromatic heterocycles. The molecule has 3 aromatic rings. The summed E-state index contributed by atoms with van der Waals surface area (Å²) in [5.41, 5.74) is 5.84. The lowest BCUT2D eigenvalue weighted by molar-refractivity contribution is -0.119. The minimum Gasteiger partial charge on any atom is -0.349 e. The van der Waals surface area contributed by atoms with E-state index in [0.29, 0.717) is 11.7 Å². The summed E-state index contributed by atoms with van der Waals surface area (Å²) >= 11 is 1.49. The van der Waals surface area contributed by atoms with Gasteiger partial charge in [0.05, 0.1) is 22.3 Å². The largest absolute Gasteiger partial charge is 0.349 e. The number of carbonyl (C=O) groups excluding carboxylic acids is 1. The zero-order chi connectivity index (χ0) is 21.0. The Kier molecular flexibility index (Phi) is 6.96. The molecular formula is C25H30N2OS. The second kappa shape index (κ2) is 9.45. The molecular weight excluding hydrogens is 376 g/mol. The number of hydrogen-bond acceptors (Lipinski definition) is 3. The van der Waals surface area contributed by atoms with Crippen LogP contribution in [0.25, 0.3) is 10.9 Å². The third-order valence-corrected chi connectivity index (χ3v) is 5.99. The van der Waals surface area contributed by atoms with Crippen molar-refractivity contribution in [3.63, 3.8) is 0 Å². The normalized spacial score (nSPS) is 12.3. The fourth-order valence-electron chi connectivity index (χ4n) is 3.52. The highest BCUT2D eigenvalue weighted by Gasteiger charge is 2.12. The lowest BCUT2D eigenvalue weighted by Gasteiger charge is -2.15. The quantitative estimate of drug-likeness (QED) is 0.488. The lowest BCUT2D eigenvalue weighted by Crippen LogP contribution is -2.28. The molecule has 3 nitrogen and oxygen atoms in total. The number of benzene rings is 2. The summed E-state index contributed by atoms with van der Waals surface area (Å²) in [7, 11) is 0. The number of aromatic nitrogens is 1. The predicted molar refractivity (Wildman–Crippen MR) is 123 cm³/mol. The van der Waals surface area contributed by atoms with Gasteiger partial charge >= 0.3 is 0 Å². The Labute approximate surface area is 178 Å². The van der Waals surface area contributed by atoms with E-state index < -0.39 is 0 Å². The molecule has 2 aromatic carbocycles. The van der Waals surface area contributed by atoms with Crippen molar-refractivity contribution in [2.75, 3.05) is 5.75 Å². The minimum absolute atomic E-state index is 0.00950. The molecule has 0 fully saturated rings. The Morgan fingerprint density at radius 2 is 1.76 bits per heavy atom. The second-order valence-electron chi connectivity index (χ2n) is 8.17. The van der Waals surface area contributed by atoms with Crippen molar-refractivity contribution < 1.29 is 4.79 Å². The summed E-state index contributed by atoms with van der Waals surface area (Å²) in [4.78, 5) is 17.2. The Bertz CT molecular complexity index is 996. The molecule has 0 aliphatic rings. The monoisotopic (exact) mass is 406 g/mol. The highest BCUT2D eigenvalue weighted by Crippen LogP contribution is 2.25. The van der Waals surface area contributed by atoms with Gasteiger partial charge in [0.15, 0.2) is 0 Å². The third kappa shape index (κ3) is 5.60. The zero-order valence-corrected chi connectivity index (χ0v) is 18.8. The number of nitrogens with one attached hydrogen (secondary N) is 1. The molecule has 0 radical (unpaired) electrons. The van der Waals surface area contributed by atoms with Gasteiger partial charge in [-0.1, -0.05) is 68.1 Å². The summed E-state index contributed by atoms with van der Waals surface area (Å²) in [5, 5.41) is 5.17. The van der Waals surface area contributed by atoms with Gasteiger partial charge in [0.1, 0.15) is 0 Å². The van der Waals surface area contributed by atoms with Crippen LogP contribution >= 0.6 is 11.8 Å². The van der Waals surface area contributed by atoms with Crippen LogP contribution in [-0.4, -0.2) is 16.6 Å². The summed E-state index contributed by atoms with van der Waals surface area (Å²) in [6.45, 7) is 10.6. The van der Waals surface area contributed by atoms with Crippen LogP contribution in [0.3, 0.4) is 0 Å². The molecule has 1 atom stereocenters. The highest BCUT2D eigenvalue weighted by molar-refractivity contribution is 7.99. The SMILES string of the molecule is Cc1cc(SCC(=O)N[C@@H](C)c2ccc(CC(C)C)cc2)nc2c(C)cccc12. The van der Waals surface area contributed by atoms with Crippen LogP contribution in [0.15, 0.2) is 53.6 Å². The standard InChI is InChI=1S/C25H30N2OS/c1-16(2)13-20-9-11-21(12-10-20)19(5)26-23(28)15-29-24-14-18(4)22-8-6-7-17(3)25(22)27-24/h6-12,14,16,19H,13,15H2,1-5H3,(H,26,28)/t19-/m0/s1. The van der Waals surface area contributed by atoms with Crippen LogP contribution in [0.4, 0.5) is 0 Å². The van der Waals surface area contributed by atoms with Crippen LogP contribution in [-0.2, 0) is 11.2 Å². The van der Waals surface area contributed by atoms with E-state index >= 15 is 0 Å². The van der Waals surface area contributed by atoms with Crippen LogP contribution in [0.5, 0.6) is 0 Å². The summed E-state index contributed by atoms with van der Waals surface area (Å²) in [6.07, 6.45) is 1.08. The molecule has 1 heterocycles. The molecule has 29 heavy (non-hydrogen) atoms. The van der Waals surface area contributed by atoms with Crippen molar-refractivity contribution in [1.29, 1.82) is 0 Å². The number of aryl methyl sites for hydroxylation is 2. The molecule has 4 heteroatoms. The molecule has 0 saturated heterocycles. The van der Waals surface area contributed by atoms with E-state index in [-0.39, 0.29) is 11.9 Å². The number of nitrogens with zero attached hydrogens (tertiary/aromatic N) is 1. The maximum atomic E-state index is 12.5. The van der Waals surface area contributed by atoms with Gasteiger partial charge in [-0.2, -0.15) is 0 Å². The first-order valence-corrected chi connectivity index (χ1v) is 11.2. The molecule has 152 valence electrons. The maximum Gasteiger partial charge on any atom is 0.230 e. The van der Waals surface area contributed by atoms with Crippen LogP contribution in [0, 0.1) is 19.8 Å².